The monoisotopic (exact) mass is 1090 g/mol. The standard InChI is InChI=1S/C73H44N2OS4/c1-41-11-19-48(20-12-41)72(49-21-13-42(2)14-22-49)60-30-45-32-68(64-10-7-29-77-64)79-66(45)37-57(60)55-35-63-56(36-62(55)72)58-38-67-46(31-61(58)73(63,50-23-15-43(3)16-24-50)51-25-17-44(4)18-26-51)33-69(80-67)65-28-27-52(78-65)34-59-70(47(39-74)40-75)53-8-5-6-9-54(53)71(59)76/h5-6,8-28,30-38H,1-4H3/b59-34-. The predicted octanol–water partition coefficient (Wildman–Crippen LogP) is 19.2. The van der Waals surface area contributed by atoms with Gasteiger partial charge in [-0.3, -0.25) is 4.79 Å². The number of ketones is 1. The van der Waals surface area contributed by atoms with Crippen molar-refractivity contribution in [1.82, 2.24) is 0 Å². The lowest BCUT2D eigenvalue weighted by atomic mass is 9.65. The van der Waals surface area contributed by atoms with Gasteiger partial charge in [-0.2, -0.15) is 10.5 Å². The highest BCUT2D eigenvalue weighted by atomic mass is 32.1. The maximum Gasteiger partial charge on any atom is 0.194 e. The lowest BCUT2D eigenvalue weighted by Gasteiger charge is -2.36. The maximum absolute atomic E-state index is 13.9. The predicted molar refractivity (Wildman–Crippen MR) is 332 cm³/mol. The van der Waals surface area contributed by atoms with Gasteiger partial charge < -0.3 is 0 Å². The number of rotatable bonds is 7. The summed E-state index contributed by atoms with van der Waals surface area (Å²) in [6.45, 7) is 8.69. The fourth-order valence-corrected chi connectivity index (χ4v) is 17.0. The Bertz CT molecular complexity index is 4650. The van der Waals surface area contributed by atoms with Gasteiger partial charge in [0.1, 0.15) is 17.7 Å². The van der Waals surface area contributed by atoms with Crippen LogP contribution in [0.4, 0.5) is 0 Å². The number of allylic oxidation sites excluding steroid dienone is 3. The smallest absolute Gasteiger partial charge is 0.194 e. The molecule has 376 valence electrons. The average Bonchev–Trinajstić information content (AvgIpc) is 4.54. The van der Waals surface area contributed by atoms with Gasteiger partial charge in [0.05, 0.1) is 15.7 Å². The first kappa shape index (κ1) is 48.2. The Morgan fingerprint density at radius 3 is 1.35 bits per heavy atom. The second-order valence-electron chi connectivity index (χ2n) is 21.5. The molecule has 12 aromatic rings. The van der Waals surface area contributed by atoms with Crippen LogP contribution in [0.5, 0.6) is 0 Å². The maximum atomic E-state index is 13.9. The van der Waals surface area contributed by atoms with Crippen molar-refractivity contribution in [2.24, 2.45) is 0 Å². The summed E-state index contributed by atoms with van der Waals surface area (Å²) in [5.74, 6) is -0.179. The van der Waals surface area contributed by atoms with E-state index in [1.54, 1.807) is 40.1 Å². The fraction of sp³-hybridized carbons (Fsp3) is 0.0822. The second kappa shape index (κ2) is 18.0. The van der Waals surface area contributed by atoms with E-state index in [0.29, 0.717) is 22.3 Å². The summed E-state index contributed by atoms with van der Waals surface area (Å²) in [5, 5.41) is 25.6. The molecule has 8 aromatic carbocycles. The molecule has 0 fully saturated rings. The summed E-state index contributed by atoms with van der Waals surface area (Å²) in [6.07, 6.45) is 1.85. The lowest BCUT2D eigenvalue weighted by molar-refractivity contribution is 0.104. The molecular weight excluding hydrogens is 1050 g/mol. The Labute approximate surface area is 480 Å². The van der Waals surface area contributed by atoms with Gasteiger partial charge in [-0.1, -0.05) is 161 Å². The minimum atomic E-state index is -0.687. The van der Waals surface area contributed by atoms with Crippen LogP contribution in [0.1, 0.15) is 87.6 Å². The summed E-state index contributed by atoms with van der Waals surface area (Å²) in [7, 11) is 0. The normalized spacial score (nSPS) is 14.6. The number of nitriles is 2. The minimum absolute atomic E-state index is 0.0650. The number of hydrogen-bond donors (Lipinski definition) is 0. The summed E-state index contributed by atoms with van der Waals surface area (Å²) < 4.78 is 2.44. The summed E-state index contributed by atoms with van der Waals surface area (Å²) >= 11 is 6.86. The molecule has 0 atom stereocenters. The van der Waals surface area contributed by atoms with Crippen molar-refractivity contribution in [3.05, 3.63) is 293 Å². The molecule has 3 nitrogen and oxygen atoms in total. The summed E-state index contributed by atoms with van der Waals surface area (Å²) in [5.41, 5.74) is 20.3. The molecule has 7 heteroatoms. The molecule has 0 radical (unpaired) electrons. The molecule has 0 bridgehead atoms. The molecular formula is C73H44N2OS4. The van der Waals surface area contributed by atoms with Gasteiger partial charge in [0.25, 0.3) is 0 Å². The van der Waals surface area contributed by atoms with Gasteiger partial charge in [0.15, 0.2) is 5.78 Å². The van der Waals surface area contributed by atoms with Crippen molar-refractivity contribution < 1.29 is 4.79 Å². The number of hydrogen-bond acceptors (Lipinski definition) is 7. The Kier molecular flexibility index (Phi) is 10.9. The number of benzene rings is 8. The van der Waals surface area contributed by atoms with E-state index in [2.05, 4.69) is 209 Å². The molecule has 0 aliphatic heterocycles. The fourth-order valence-electron chi connectivity index (χ4n) is 13.1. The van der Waals surface area contributed by atoms with Crippen LogP contribution >= 0.6 is 45.3 Å². The number of thiophene rings is 3. The number of carbonyl (C=O) groups is 1. The SMILES string of the molecule is Cc1ccc(C2(c3ccc(C)cc3)c3cc4c(cc3-c3cc5sc(-c6cc#cs6)cc5cc32)C(c2ccc(C)cc2)(c2ccc(C)cc2)c2cc3cc(-c5ccc(/C=C6\C(=O)c7ccccc7C6=C(C#N)C#N)s5)sc3cc2-4)cc1. The van der Waals surface area contributed by atoms with E-state index < -0.39 is 10.8 Å². The zero-order valence-corrected chi connectivity index (χ0v) is 47.2. The van der Waals surface area contributed by atoms with E-state index in [0.717, 1.165) is 20.0 Å². The van der Waals surface area contributed by atoms with Gasteiger partial charge in [0.2, 0.25) is 0 Å². The lowest BCUT2D eigenvalue weighted by Crippen LogP contribution is -2.30. The molecule has 0 N–H and O–H groups in total. The van der Waals surface area contributed by atoms with Crippen molar-refractivity contribution >= 4 is 83.0 Å². The minimum Gasteiger partial charge on any atom is -0.289 e. The van der Waals surface area contributed by atoms with E-state index in [1.807, 2.05) is 41.7 Å². The van der Waals surface area contributed by atoms with Crippen molar-refractivity contribution in [2.45, 2.75) is 38.5 Å². The van der Waals surface area contributed by atoms with E-state index in [9.17, 15) is 15.3 Å². The third-order valence-corrected chi connectivity index (χ3v) is 21.2. The summed E-state index contributed by atoms with van der Waals surface area (Å²) in [4.78, 5) is 19.4. The van der Waals surface area contributed by atoms with Crippen LogP contribution < -0.4 is 0 Å². The molecule has 0 unspecified atom stereocenters. The molecule has 3 aliphatic rings. The molecule has 80 heavy (non-hydrogen) atoms. The van der Waals surface area contributed by atoms with Crippen LogP contribution in [-0.2, 0) is 10.8 Å². The number of Topliss-reactive ketones (excluding diaryl/α,β-unsaturated/α-hetero) is 1. The second-order valence-corrected chi connectivity index (χ2v) is 25.6. The van der Waals surface area contributed by atoms with Gasteiger partial charge >= 0.3 is 0 Å². The molecule has 4 aromatic heterocycles. The van der Waals surface area contributed by atoms with Crippen LogP contribution in [0, 0.1) is 61.8 Å². The first-order valence-corrected chi connectivity index (χ1v) is 29.8. The number of fused-ring (bicyclic) bond motifs is 9. The van der Waals surface area contributed by atoms with Gasteiger partial charge in [-0.25, -0.2) is 0 Å². The quantitative estimate of drug-likeness (QED) is 0.118. The van der Waals surface area contributed by atoms with Gasteiger partial charge in [0, 0.05) is 51.7 Å². The zero-order chi connectivity index (χ0) is 54.2. The van der Waals surface area contributed by atoms with Crippen LogP contribution in [0.2, 0.25) is 0 Å². The molecule has 0 saturated carbocycles. The van der Waals surface area contributed by atoms with Crippen LogP contribution in [0.3, 0.4) is 0 Å². The van der Waals surface area contributed by atoms with E-state index in [-0.39, 0.29) is 11.4 Å². The highest BCUT2D eigenvalue weighted by Crippen LogP contribution is 2.64. The highest BCUT2D eigenvalue weighted by Gasteiger charge is 2.52. The molecule has 0 amide bonds. The van der Waals surface area contributed by atoms with Crippen molar-refractivity contribution in [3.63, 3.8) is 0 Å². The molecule has 15 rings (SSSR count). The van der Waals surface area contributed by atoms with Crippen molar-refractivity contribution in [2.75, 3.05) is 0 Å². The van der Waals surface area contributed by atoms with E-state index in [4.69, 9.17) is 0 Å². The van der Waals surface area contributed by atoms with Crippen molar-refractivity contribution in [3.8, 4) is 53.9 Å². The van der Waals surface area contributed by atoms with Gasteiger partial charge in [-0.05, 0) is 183 Å². The Balaban J connectivity index is 0.987. The molecule has 4 heterocycles. The van der Waals surface area contributed by atoms with Gasteiger partial charge in [-0.15, -0.1) is 34.0 Å². The highest BCUT2D eigenvalue weighted by molar-refractivity contribution is 7.26. The van der Waals surface area contributed by atoms with Crippen LogP contribution in [0.15, 0.2) is 199 Å². The summed E-state index contributed by atoms with van der Waals surface area (Å²) in [6, 6.07) is 77.5. The molecule has 0 spiro atoms. The van der Waals surface area contributed by atoms with E-state index >= 15 is 0 Å². The Morgan fingerprint density at radius 2 is 0.900 bits per heavy atom. The third kappa shape index (κ3) is 6.97. The number of carbonyl (C=O) groups excluding carboxylic acids is 1. The zero-order valence-electron chi connectivity index (χ0n) is 43.9. The topological polar surface area (TPSA) is 64.7 Å². The number of nitrogens with zero attached hydrogens (tertiary/aromatic N) is 2. The molecule has 3 aliphatic carbocycles. The average molecular weight is 1090 g/mol. The Morgan fingerprint density at radius 1 is 0.463 bits per heavy atom. The number of aryl methyl sites for hydroxylation is 4. The van der Waals surface area contributed by atoms with E-state index in [1.165, 1.54) is 114 Å². The first-order valence-electron chi connectivity index (χ1n) is 26.6. The first-order chi connectivity index (χ1) is 39.0. The van der Waals surface area contributed by atoms with Crippen molar-refractivity contribution in [1.29, 1.82) is 10.5 Å². The van der Waals surface area contributed by atoms with Crippen LogP contribution in [0.25, 0.3) is 73.6 Å². The Hall–Kier alpha value is -8.97. The largest absolute Gasteiger partial charge is 0.289 e. The third-order valence-electron chi connectivity index (χ3n) is 16.9. The molecule has 0 saturated heterocycles. The van der Waals surface area contributed by atoms with Crippen LogP contribution in [-0.4, -0.2) is 5.78 Å².